The Bertz CT molecular complexity index is 729. The molecule has 1 amide bonds. The summed E-state index contributed by atoms with van der Waals surface area (Å²) >= 11 is 5.99. The van der Waals surface area contributed by atoms with Crippen LogP contribution in [0.3, 0.4) is 0 Å². The zero-order chi connectivity index (χ0) is 15.9. The number of nitrogens with zero attached hydrogens (tertiary/aromatic N) is 1. The second-order valence-electron chi connectivity index (χ2n) is 4.49. The minimum absolute atomic E-state index is 0.0152. The molecule has 5 nitrogen and oxygen atoms in total. The van der Waals surface area contributed by atoms with E-state index in [0.717, 1.165) is 5.56 Å². The molecule has 6 heteroatoms. The number of rotatable bonds is 5. The highest BCUT2D eigenvalue weighted by Crippen LogP contribution is 2.15. The van der Waals surface area contributed by atoms with Gasteiger partial charge in [0.05, 0.1) is 4.92 Å². The number of benzene rings is 2. The van der Waals surface area contributed by atoms with Crippen molar-refractivity contribution in [3.63, 3.8) is 0 Å². The van der Waals surface area contributed by atoms with Crippen molar-refractivity contribution in [3.05, 3.63) is 80.9 Å². The summed E-state index contributed by atoms with van der Waals surface area (Å²) in [7, 11) is 0. The second-order valence-corrected chi connectivity index (χ2v) is 4.90. The third kappa shape index (κ3) is 4.43. The summed E-state index contributed by atoms with van der Waals surface area (Å²) in [5.41, 5.74) is 1.39. The summed E-state index contributed by atoms with van der Waals surface area (Å²) in [4.78, 5) is 21.9. The maximum Gasteiger partial charge on any atom is 0.270 e. The largest absolute Gasteiger partial charge is 0.348 e. The van der Waals surface area contributed by atoms with Gasteiger partial charge in [0.15, 0.2) is 0 Å². The number of nitrogens with one attached hydrogen (secondary N) is 1. The van der Waals surface area contributed by atoms with E-state index in [2.05, 4.69) is 5.32 Å². The summed E-state index contributed by atoms with van der Waals surface area (Å²) in [6, 6.07) is 13.3. The molecule has 0 radical (unpaired) electrons. The normalized spacial score (nSPS) is 10.6. The molecule has 22 heavy (non-hydrogen) atoms. The van der Waals surface area contributed by atoms with E-state index in [0.29, 0.717) is 17.1 Å². The fourth-order valence-corrected chi connectivity index (χ4v) is 2.00. The smallest absolute Gasteiger partial charge is 0.270 e. The van der Waals surface area contributed by atoms with Gasteiger partial charge in [0, 0.05) is 29.8 Å². The maximum absolute atomic E-state index is 11.7. The Balaban J connectivity index is 1.96. The van der Waals surface area contributed by atoms with E-state index in [1.165, 1.54) is 24.3 Å². The molecule has 0 atom stereocenters. The zero-order valence-corrected chi connectivity index (χ0v) is 12.3. The van der Waals surface area contributed by atoms with Gasteiger partial charge in [-0.1, -0.05) is 41.9 Å². The van der Waals surface area contributed by atoms with Crippen LogP contribution >= 0.6 is 11.6 Å². The Hall–Kier alpha value is -2.66. The topological polar surface area (TPSA) is 72.2 Å². The summed E-state index contributed by atoms with van der Waals surface area (Å²) in [6.07, 6.45) is 2.85. The third-order valence-corrected chi connectivity index (χ3v) is 3.29. The van der Waals surface area contributed by atoms with E-state index < -0.39 is 4.92 Å². The fourth-order valence-electron chi connectivity index (χ4n) is 1.80. The molecule has 2 aromatic rings. The quantitative estimate of drug-likeness (QED) is 0.520. The number of carbonyl (C=O) groups is 1. The van der Waals surface area contributed by atoms with Crippen molar-refractivity contribution in [1.29, 1.82) is 0 Å². The minimum Gasteiger partial charge on any atom is -0.348 e. The highest BCUT2D eigenvalue weighted by Gasteiger charge is 2.04. The number of hydrogen-bond acceptors (Lipinski definition) is 3. The molecule has 0 saturated carbocycles. The average molecular weight is 317 g/mol. The van der Waals surface area contributed by atoms with Crippen LogP contribution in [0.4, 0.5) is 5.69 Å². The average Bonchev–Trinajstić information content (AvgIpc) is 2.52. The Morgan fingerprint density at radius 1 is 1.23 bits per heavy atom. The lowest BCUT2D eigenvalue weighted by Gasteiger charge is -2.04. The molecule has 0 unspecified atom stereocenters. The first-order chi connectivity index (χ1) is 10.6. The standard InChI is InChI=1S/C16H13ClN2O3/c17-15-7-2-1-5-13(15)11-18-16(20)9-8-12-4-3-6-14(10-12)19(21)22/h1-10H,11H2,(H,18,20). The number of hydrogen-bond donors (Lipinski definition) is 1. The number of non-ortho nitro benzene ring substituents is 1. The Morgan fingerprint density at radius 2 is 2.00 bits per heavy atom. The van der Waals surface area contributed by atoms with Gasteiger partial charge in [-0.3, -0.25) is 14.9 Å². The molecule has 2 aromatic carbocycles. The molecule has 0 aliphatic rings. The minimum atomic E-state index is -0.477. The second kappa shape index (κ2) is 7.38. The van der Waals surface area contributed by atoms with Crippen molar-refractivity contribution in [2.75, 3.05) is 0 Å². The van der Waals surface area contributed by atoms with Gasteiger partial charge >= 0.3 is 0 Å². The van der Waals surface area contributed by atoms with Crippen LogP contribution < -0.4 is 5.32 Å². The molecule has 1 N–H and O–H groups in total. The van der Waals surface area contributed by atoms with Crippen LogP contribution in [-0.4, -0.2) is 10.8 Å². The summed E-state index contributed by atoms with van der Waals surface area (Å²) in [5.74, 6) is -0.300. The Kier molecular flexibility index (Phi) is 5.27. The summed E-state index contributed by atoms with van der Waals surface area (Å²) in [5, 5.41) is 14.0. The summed E-state index contributed by atoms with van der Waals surface area (Å²) < 4.78 is 0. The van der Waals surface area contributed by atoms with Gasteiger partial charge in [-0.15, -0.1) is 0 Å². The van der Waals surface area contributed by atoms with Crippen LogP contribution in [0.15, 0.2) is 54.6 Å². The number of nitro benzene ring substituents is 1. The fraction of sp³-hybridized carbons (Fsp3) is 0.0625. The van der Waals surface area contributed by atoms with E-state index >= 15 is 0 Å². The Morgan fingerprint density at radius 3 is 2.73 bits per heavy atom. The zero-order valence-electron chi connectivity index (χ0n) is 11.5. The monoisotopic (exact) mass is 316 g/mol. The molecule has 0 aromatic heterocycles. The predicted octanol–water partition coefficient (Wildman–Crippen LogP) is 3.58. The van der Waals surface area contributed by atoms with Crippen molar-refractivity contribution < 1.29 is 9.72 Å². The van der Waals surface area contributed by atoms with E-state index in [4.69, 9.17) is 11.6 Å². The number of carbonyl (C=O) groups excluding carboxylic acids is 1. The van der Waals surface area contributed by atoms with E-state index in [9.17, 15) is 14.9 Å². The van der Waals surface area contributed by atoms with Crippen molar-refractivity contribution in [3.8, 4) is 0 Å². The molecule has 0 aliphatic carbocycles. The first kappa shape index (κ1) is 15.7. The van der Waals surface area contributed by atoms with Crippen LogP contribution in [0.1, 0.15) is 11.1 Å². The van der Waals surface area contributed by atoms with E-state index in [1.807, 2.05) is 18.2 Å². The number of nitro groups is 1. The van der Waals surface area contributed by atoms with E-state index in [-0.39, 0.29) is 11.6 Å². The molecular weight excluding hydrogens is 304 g/mol. The highest BCUT2D eigenvalue weighted by molar-refractivity contribution is 6.31. The van der Waals surface area contributed by atoms with Crippen molar-refractivity contribution >= 4 is 29.3 Å². The van der Waals surface area contributed by atoms with Crippen LogP contribution in [0.5, 0.6) is 0 Å². The van der Waals surface area contributed by atoms with Gasteiger partial charge in [0.25, 0.3) is 5.69 Å². The van der Waals surface area contributed by atoms with Crippen molar-refractivity contribution in [2.24, 2.45) is 0 Å². The lowest BCUT2D eigenvalue weighted by Crippen LogP contribution is -2.20. The van der Waals surface area contributed by atoms with Crippen molar-refractivity contribution in [1.82, 2.24) is 5.32 Å². The highest BCUT2D eigenvalue weighted by atomic mass is 35.5. The molecule has 0 aliphatic heterocycles. The van der Waals surface area contributed by atoms with Gasteiger partial charge in [-0.05, 0) is 23.3 Å². The molecule has 0 fully saturated rings. The van der Waals surface area contributed by atoms with E-state index in [1.54, 1.807) is 18.2 Å². The lowest BCUT2D eigenvalue weighted by atomic mass is 10.2. The first-order valence-electron chi connectivity index (χ1n) is 6.50. The number of amides is 1. The van der Waals surface area contributed by atoms with Crippen LogP contribution in [0.2, 0.25) is 5.02 Å². The molecule has 0 spiro atoms. The van der Waals surface area contributed by atoms with Gasteiger partial charge in [-0.25, -0.2) is 0 Å². The van der Waals surface area contributed by atoms with Crippen LogP contribution in [-0.2, 0) is 11.3 Å². The molecule has 0 saturated heterocycles. The van der Waals surface area contributed by atoms with Crippen LogP contribution in [0.25, 0.3) is 6.08 Å². The maximum atomic E-state index is 11.7. The van der Waals surface area contributed by atoms with Gasteiger partial charge in [-0.2, -0.15) is 0 Å². The van der Waals surface area contributed by atoms with Gasteiger partial charge in [0.2, 0.25) is 5.91 Å². The molecular formula is C16H13ClN2O3. The lowest BCUT2D eigenvalue weighted by molar-refractivity contribution is -0.384. The predicted molar refractivity (Wildman–Crippen MR) is 85.4 cm³/mol. The SMILES string of the molecule is O=C(C=Cc1cccc([N+](=O)[O-])c1)NCc1ccccc1Cl. The molecule has 0 bridgehead atoms. The molecule has 112 valence electrons. The Labute approximate surface area is 132 Å². The first-order valence-corrected chi connectivity index (χ1v) is 6.88. The number of halogens is 1. The molecule has 0 heterocycles. The van der Waals surface area contributed by atoms with Crippen LogP contribution in [0, 0.1) is 10.1 Å². The third-order valence-electron chi connectivity index (χ3n) is 2.92. The van der Waals surface area contributed by atoms with Crippen molar-refractivity contribution in [2.45, 2.75) is 6.54 Å². The van der Waals surface area contributed by atoms with Gasteiger partial charge < -0.3 is 5.32 Å². The molecule has 2 rings (SSSR count). The van der Waals surface area contributed by atoms with Gasteiger partial charge in [0.1, 0.15) is 0 Å². The summed E-state index contributed by atoms with van der Waals surface area (Å²) in [6.45, 7) is 0.317.